The molecule has 2 N–H and O–H groups in total. The van der Waals surface area contributed by atoms with Crippen LogP contribution < -0.4 is 10.6 Å². The van der Waals surface area contributed by atoms with Gasteiger partial charge in [-0.15, -0.1) is 0 Å². The lowest BCUT2D eigenvalue weighted by atomic mass is 10.2. The zero-order valence-electron chi connectivity index (χ0n) is 16.1. The molecule has 3 amide bonds. The number of nitrogens with zero attached hydrogens (tertiary/aromatic N) is 2. The molecule has 1 atom stereocenters. The van der Waals surface area contributed by atoms with Crippen molar-refractivity contribution in [3.05, 3.63) is 47.3 Å². The number of aryl methyl sites for hydroxylation is 1. The minimum atomic E-state index is -1.13. The Balaban J connectivity index is 2.11. The van der Waals surface area contributed by atoms with Gasteiger partial charge in [-0.25, -0.2) is 14.3 Å². The van der Waals surface area contributed by atoms with E-state index in [1.54, 1.807) is 32.4 Å². The van der Waals surface area contributed by atoms with Crippen LogP contribution in [0, 0.1) is 13.8 Å². The molecule has 0 spiro atoms. The summed E-state index contributed by atoms with van der Waals surface area (Å²) in [4.78, 5) is 36.2. The Labute approximate surface area is 157 Å². The fraction of sp³-hybridized carbons (Fsp3) is 0.368. The van der Waals surface area contributed by atoms with Gasteiger partial charge in [0.25, 0.3) is 5.91 Å². The number of benzene rings is 1. The Kier molecular flexibility index (Phi) is 6.33. The summed E-state index contributed by atoms with van der Waals surface area (Å²) >= 11 is 0. The monoisotopic (exact) mass is 372 g/mol. The second-order valence-electron chi connectivity index (χ2n) is 6.46. The second-order valence-corrected chi connectivity index (χ2v) is 6.46. The third kappa shape index (κ3) is 4.93. The van der Waals surface area contributed by atoms with Crippen molar-refractivity contribution in [2.45, 2.75) is 46.8 Å². The highest BCUT2D eigenvalue weighted by Gasteiger charge is 2.25. The van der Waals surface area contributed by atoms with E-state index in [0.717, 1.165) is 5.69 Å². The maximum absolute atomic E-state index is 12.6. The van der Waals surface area contributed by atoms with Gasteiger partial charge in [-0.05, 0) is 46.8 Å². The second kappa shape index (κ2) is 8.48. The topological polar surface area (TPSA) is 102 Å². The van der Waals surface area contributed by atoms with Gasteiger partial charge in [0.2, 0.25) is 0 Å². The van der Waals surface area contributed by atoms with Crippen molar-refractivity contribution < 1.29 is 19.1 Å². The van der Waals surface area contributed by atoms with Gasteiger partial charge >= 0.3 is 12.0 Å². The van der Waals surface area contributed by atoms with E-state index in [9.17, 15) is 14.4 Å². The third-order valence-electron chi connectivity index (χ3n) is 3.81. The fourth-order valence-corrected chi connectivity index (χ4v) is 2.54. The van der Waals surface area contributed by atoms with Crippen LogP contribution in [-0.4, -0.2) is 39.8 Å². The molecule has 0 fully saturated rings. The Bertz CT molecular complexity index is 843. The predicted molar refractivity (Wildman–Crippen MR) is 99.7 cm³/mol. The van der Waals surface area contributed by atoms with Crippen molar-refractivity contribution in [3.8, 4) is 5.69 Å². The van der Waals surface area contributed by atoms with Crippen LogP contribution in [0.2, 0.25) is 0 Å². The molecule has 1 aromatic heterocycles. The van der Waals surface area contributed by atoms with Gasteiger partial charge in [0.15, 0.2) is 6.10 Å². The van der Waals surface area contributed by atoms with E-state index in [2.05, 4.69) is 15.7 Å². The third-order valence-corrected chi connectivity index (χ3v) is 3.81. The van der Waals surface area contributed by atoms with Gasteiger partial charge in [0.05, 0.1) is 17.1 Å². The zero-order valence-corrected chi connectivity index (χ0v) is 16.1. The fourth-order valence-electron chi connectivity index (χ4n) is 2.54. The molecule has 0 radical (unpaired) electrons. The number of carbonyl (C=O) groups excluding carboxylic acids is 3. The molecule has 0 aliphatic heterocycles. The molecule has 0 aliphatic rings. The number of ether oxygens (including phenoxy) is 1. The summed E-state index contributed by atoms with van der Waals surface area (Å²) in [6.45, 7) is 8.39. The zero-order chi connectivity index (χ0) is 20.1. The number of imide groups is 1. The number of nitrogens with one attached hydrogen (secondary N) is 2. The van der Waals surface area contributed by atoms with Crippen LogP contribution in [0.5, 0.6) is 0 Å². The quantitative estimate of drug-likeness (QED) is 0.784. The number of rotatable bonds is 5. The van der Waals surface area contributed by atoms with E-state index >= 15 is 0 Å². The molecular formula is C19H24N4O4. The van der Waals surface area contributed by atoms with Crippen LogP contribution in [0.25, 0.3) is 5.69 Å². The average Bonchev–Trinajstić information content (AvgIpc) is 2.89. The molecule has 0 unspecified atom stereocenters. The standard InChI is InChI=1S/C19H24N4O4/c1-11(2)20-19(26)21-17(24)14(5)27-18(25)16-12(3)22-23(13(16)4)15-9-7-6-8-10-15/h6-11,14H,1-5H3,(H2,20,21,24,26)/t14-/m1/s1. The number of para-hydroxylation sites is 1. The maximum Gasteiger partial charge on any atom is 0.342 e. The number of urea groups is 1. The molecule has 0 aliphatic carbocycles. The molecule has 1 heterocycles. The van der Waals surface area contributed by atoms with Gasteiger partial charge < -0.3 is 10.1 Å². The first-order valence-corrected chi connectivity index (χ1v) is 8.64. The van der Waals surface area contributed by atoms with Crippen LogP contribution in [0.1, 0.15) is 42.5 Å². The summed E-state index contributed by atoms with van der Waals surface area (Å²) in [7, 11) is 0. The number of aromatic nitrogens is 2. The van der Waals surface area contributed by atoms with E-state index in [-0.39, 0.29) is 6.04 Å². The summed E-state index contributed by atoms with van der Waals surface area (Å²) in [5.41, 5.74) is 2.21. The van der Waals surface area contributed by atoms with Crippen molar-refractivity contribution in [3.63, 3.8) is 0 Å². The predicted octanol–water partition coefficient (Wildman–Crippen LogP) is 2.27. The molecule has 0 saturated carbocycles. The molecular weight excluding hydrogens is 348 g/mol. The number of hydrogen-bond donors (Lipinski definition) is 2. The van der Waals surface area contributed by atoms with Crippen molar-refractivity contribution in [2.75, 3.05) is 0 Å². The summed E-state index contributed by atoms with van der Waals surface area (Å²) in [5, 5.41) is 9.06. The molecule has 0 bridgehead atoms. The smallest absolute Gasteiger partial charge is 0.342 e. The number of hydrogen-bond acceptors (Lipinski definition) is 5. The summed E-state index contributed by atoms with van der Waals surface area (Å²) in [6.07, 6.45) is -1.13. The number of carbonyl (C=O) groups is 3. The normalized spacial score (nSPS) is 11.8. The first-order valence-electron chi connectivity index (χ1n) is 8.64. The van der Waals surface area contributed by atoms with Crippen LogP contribution >= 0.6 is 0 Å². The Morgan fingerprint density at radius 3 is 2.30 bits per heavy atom. The first kappa shape index (κ1) is 20.2. The Hall–Kier alpha value is -3.16. The number of esters is 1. The maximum atomic E-state index is 12.6. The van der Waals surface area contributed by atoms with Crippen molar-refractivity contribution in [1.29, 1.82) is 0 Å². The van der Waals surface area contributed by atoms with Crippen molar-refractivity contribution >= 4 is 17.9 Å². The van der Waals surface area contributed by atoms with E-state index in [4.69, 9.17) is 4.74 Å². The van der Waals surface area contributed by atoms with E-state index < -0.39 is 24.0 Å². The lowest BCUT2D eigenvalue weighted by Gasteiger charge is -2.14. The molecule has 8 heteroatoms. The lowest BCUT2D eigenvalue weighted by molar-refractivity contribution is -0.127. The van der Waals surface area contributed by atoms with E-state index in [1.807, 2.05) is 30.3 Å². The van der Waals surface area contributed by atoms with Crippen LogP contribution in [0.15, 0.2) is 30.3 Å². The van der Waals surface area contributed by atoms with Gasteiger partial charge in [-0.1, -0.05) is 18.2 Å². The van der Waals surface area contributed by atoms with Gasteiger partial charge in [0, 0.05) is 6.04 Å². The van der Waals surface area contributed by atoms with E-state index in [1.165, 1.54) is 6.92 Å². The molecule has 27 heavy (non-hydrogen) atoms. The number of amides is 3. The minimum Gasteiger partial charge on any atom is -0.449 e. The van der Waals surface area contributed by atoms with Crippen LogP contribution in [-0.2, 0) is 9.53 Å². The van der Waals surface area contributed by atoms with E-state index in [0.29, 0.717) is 17.0 Å². The Morgan fingerprint density at radius 2 is 1.70 bits per heavy atom. The molecule has 8 nitrogen and oxygen atoms in total. The summed E-state index contributed by atoms with van der Waals surface area (Å²) in [6, 6.07) is 8.62. The van der Waals surface area contributed by atoms with Gasteiger partial charge in [0.1, 0.15) is 5.56 Å². The van der Waals surface area contributed by atoms with Crippen molar-refractivity contribution in [1.82, 2.24) is 20.4 Å². The SMILES string of the molecule is Cc1nn(-c2ccccc2)c(C)c1C(=O)O[C@H](C)C(=O)NC(=O)NC(C)C. The Morgan fingerprint density at radius 1 is 1.07 bits per heavy atom. The average molecular weight is 372 g/mol. The lowest BCUT2D eigenvalue weighted by Crippen LogP contribution is -2.46. The molecule has 2 aromatic rings. The van der Waals surface area contributed by atoms with Crippen LogP contribution in [0.3, 0.4) is 0 Å². The highest BCUT2D eigenvalue weighted by molar-refractivity contribution is 5.99. The van der Waals surface area contributed by atoms with Crippen LogP contribution in [0.4, 0.5) is 4.79 Å². The largest absolute Gasteiger partial charge is 0.449 e. The molecule has 2 rings (SSSR count). The minimum absolute atomic E-state index is 0.121. The first-order chi connectivity index (χ1) is 12.7. The highest BCUT2D eigenvalue weighted by Crippen LogP contribution is 2.19. The highest BCUT2D eigenvalue weighted by atomic mass is 16.5. The van der Waals surface area contributed by atoms with Gasteiger partial charge in [-0.2, -0.15) is 5.10 Å². The van der Waals surface area contributed by atoms with Crippen molar-refractivity contribution in [2.24, 2.45) is 0 Å². The summed E-state index contributed by atoms with van der Waals surface area (Å²) in [5.74, 6) is -1.37. The molecule has 0 saturated heterocycles. The molecule has 144 valence electrons. The summed E-state index contributed by atoms with van der Waals surface area (Å²) < 4.78 is 6.88. The van der Waals surface area contributed by atoms with Gasteiger partial charge in [-0.3, -0.25) is 10.1 Å². The molecule has 1 aromatic carbocycles.